The van der Waals surface area contributed by atoms with E-state index < -0.39 is 0 Å². The summed E-state index contributed by atoms with van der Waals surface area (Å²) in [5.41, 5.74) is 3.07. The molecule has 3 heteroatoms. The fraction of sp³-hybridized carbons (Fsp3) is 0.722. The predicted octanol–water partition coefficient (Wildman–Crippen LogP) is 3.38. The summed E-state index contributed by atoms with van der Waals surface area (Å²) in [6, 6.07) is 2.82. The van der Waals surface area contributed by atoms with Crippen molar-refractivity contribution in [3.8, 4) is 0 Å². The Morgan fingerprint density at radius 2 is 2.10 bits per heavy atom. The van der Waals surface area contributed by atoms with Crippen molar-refractivity contribution in [2.75, 3.05) is 13.1 Å². The lowest BCUT2D eigenvalue weighted by Gasteiger charge is -2.50. The van der Waals surface area contributed by atoms with Crippen LogP contribution in [0.15, 0.2) is 18.5 Å². The first-order valence-electron chi connectivity index (χ1n) is 8.13. The third-order valence-corrected chi connectivity index (χ3v) is 4.81. The topological polar surface area (TPSA) is 28.2 Å². The van der Waals surface area contributed by atoms with Crippen LogP contribution < -0.4 is 5.32 Å². The zero-order chi connectivity index (χ0) is 15.7. The van der Waals surface area contributed by atoms with Crippen molar-refractivity contribution >= 4 is 0 Å². The second kappa shape index (κ2) is 6.05. The van der Waals surface area contributed by atoms with Crippen molar-refractivity contribution < 1.29 is 0 Å². The second-order valence-electron chi connectivity index (χ2n) is 7.95. The molecule has 21 heavy (non-hydrogen) atoms. The first kappa shape index (κ1) is 16.4. The van der Waals surface area contributed by atoms with Crippen molar-refractivity contribution in [3.05, 3.63) is 29.6 Å². The molecule has 2 heterocycles. The minimum atomic E-state index is 0.221. The summed E-state index contributed by atoms with van der Waals surface area (Å²) < 4.78 is 0. The van der Waals surface area contributed by atoms with Crippen molar-refractivity contribution in [2.45, 2.75) is 66.1 Å². The van der Waals surface area contributed by atoms with Gasteiger partial charge in [0.2, 0.25) is 0 Å². The normalized spacial score (nSPS) is 27.8. The first-order chi connectivity index (χ1) is 9.73. The summed E-state index contributed by atoms with van der Waals surface area (Å²) >= 11 is 0. The van der Waals surface area contributed by atoms with Gasteiger partial charge in [-0.1, -0.05) is 33.8 Å². The Labute approximate surface area is 130 Å². The zero-order valence-corrected chi connectivity index (χ0v) is 14.5. The molecule has 0 aromatic carbocycles. The molecule has 0 spiro atoms. The Balaban J connectivity index is 2.21. The third kappa shape index (κ3) is 4.04. The average Bonchev–Trinajstić information content (AvgIpc) is 2.37. The number of nitrogens with one attached hydrogen (secondary N) is 1. The van der Waals surface area contributed by atoms with Gasteiger partial charge in [-0.2, -0.15) is 0 Å². The smallest absolute Gasteiger partial charge is 0.0313 e. The summed E-state index contributed by atoms with van der Waals surface area (Å²) in [4.78, 5) is 7.00. The van der Waals surface area contributed by atoms with Crippen molar-refractivity contribution in [3.63, 3.8) is 0 Å². The van der Waals surface area contributed by atoms with E-state index in [9.17, 15) is 0 Å². The van der Waals surface area contributed by atoms with Gasteiger partial charge in [-0.05, 0) is 36.8 Å². The Morgan fingerprint density at radius 1 is 1.38 bits per heavy atom. The molecule has 1 saturated heterocycles. The lowest BCUT2D eigenvalue weighted by Crippen LogP contribution is -2.65. The molecule has 118 valence electrons. The molecule has 0 aliphatic carbocycles. The van der Waals surface area contributed by atoms with Crippen LogP contribution in [0.1, 0.15) is 52.2 Å². The summed E-state index contributed by atoms with van der Waals surface area (Å²) in [6.07, 6.45) is 5.10. The van der Waals surface area contributed by atoms with E-state index in [1.165, 1.54) is 11.1 Å². The van der Waals surface area contributed by atoms with Gasteiger partial charge < -0.3 is 5.32 Å². The first-order valence-corrected chi connectivity index (χ1v) is 8.13. The molecule has 1 N–H and O–H groups in total. The van der Waals surface area contributed by atoms with Crippen LogP contribution in [0.5, 0.6) is 0 Å². The Bertz CT molecular complexity index is 478. The monoisotopic (exact) mass is 289 g/mol. The minimum Gasteiger partial charge on any atom is -0.309 e. The standard InChI is InChI=1S/C18H31N3/c1-7-18(6)13-21(16(11-20-18)17(3,4)5)12-15-8-14(2)9-19-10-15/h8-10,16,20H,7,11-13H2,1-6H3. The van der Waals surface area contributed by atoms with E-state index in [1.54, 1.807) is 0 Å². The van der Waals surface area contributed by atoms with Crippen LogP contribution in [0.4, 0.5) is 0 Å². The number of aryl methyl sites for hydroxylation is 1. The Hall–Kier alpha value is -0.930. The quantitative estimate of drug-likeness (QED) is 0.924. The molecule has 2 unspecified atom stereocenters. The highest BCUT2D eigenvalue weighted by molar-refractivity contribution is 5.17. The molecule has 0 radical (unpaired) electrons. The number of aromatic nitrogens is 1. The highest BCUT2D eigenvalue weighted by Gasteiger charge is 2.39. The molecule has 1 aromatic heterocycles. The molecule has 0 saturated carbocycles. The SMILES string of the molecule is CCC1(C)CN(Cc2cncc(C)c2)C(C(C)(C)C)CN1. The number of rotatable bonds is 3. The van der Waals surface area contributed by atoms with Gasteiger partial charge in [0, 0.05) is 43.6 Å². The van der Waals surface area contributed by atoms with Crippen molar-refractivity contribution in [2.24, 2.45) is 5.41 Å². The number of hydrogen-bond donors (Lipinski definition) is 1. The second-order valence-corrected chi connectivity index (χ2v) is 7.95. The number of hydrogen-bond acceptors (Lipinski definition) is 3. The van der Waals surface area contributed by atoms with Crippen LogP contribution >= 0.6 is 0 Å². The number of piperazine rings is 1. The molecular weight excluding hydrogens is 258 g/mol. The lowest BCUT2D eigenvalue weighted by molar-refractivity contribution is 0.0204. The minimum absolute atomic E-state index is 0.221. The van der Waals surface area contributed by atoms with Gasteiger partial charge >= 0.3 is 0 Å². The van der Waals surface area contributed by atoms with Crippen LogP contribution in [0, 0.1) is 12.3 Å². The fourth-order valence-corrected chi connectivity index (χ4v) is 3.28. The molecule has 1 aliphatic rings. The molecule has 2 rings (SSSR count). The summed E-state index contributed by atoms with van der Waals surface area (Å²) in [5, 5.41) is 3.77. The molecule has 1 aromatic rings. The van der Waals surface area contributed by atoms with E-state index in [0.717, 1.165) is 26.1 Å². The van der Waals surface area contributed by atoms with Crippen molar-refractivity contribution in [1.29, 1.82) is 0 Å². The maximum Gasteiger partial charge on any atom is 0.0313 e. The number of nitrogens with zero attached hydrogens (tertiary/aromatic N) is 2. The summed E-state index contributed by atoms with van der Waals surface area (Å²) in [7, 11) is 0. The predicted molar refractivity (Wildman–Crippen MR) is 89.3 cm³/mol. The third-order valence-electron chi connectivity index (χ3n) is 4.81. The van der Waals surface area contributed by atoms with Crippen LogP contribution in [-0.4, -0.2) is 34.6 Å². The van der Waals surface area contributed by atoms with E-state index in [0.29, 0.717) is 6.04 Å². The number of pyridine rings is 1. The zero-order valence-electron chi connectivity index (χ0n) is 14.5. The van der Waals surface area contributed by atoms with E-state index in [4.69, 9.17) is 0 Å². The van der Waals surface area contributed by atoms with Gasteiger partial charge in [-0.25, -0.2) is 0 Å². The van der Waals surface area contributed by atoms with E-state index in [1.807, 2.05) is 12.4 Å². The Morgan fingerprint density at radius 3 is 2.67 bits per heavy atom. The summed E-state index contributed by atoms with van der Waals surface area (Å²) in [6.45, 7) is 16.9. The lowest BCUT2D eigenvalue weighted by atomic mass is 9.81. The van der Waals surface area contributed by atoms with Gasteiger partial charge in [0.25, 0.3) is 0 Å². The van der Waals surface area contributed by atoms with Gasteiger partial charge in [0.15, 0.2) is 0 Å². The molecule has 0 amide bonds. The highest BCUT2D eigenvalue weighted by Crippen LogP contribution is 2.31. The van der Waals surface area contributed by atoms with Gasteiger partial charge in [0.05, 0.1) is 0 Å². The van der Waals surface area contributed by atoms with E-state index in [2.05, 4.69) is 62.8 Å². The molecule has 2 atom stereocenters. The van der Waals surface area contributed by atoms with Crippen LogP contribution in [-0.2, 0) is 6.54 Å². The molecular formula is C18H31N3. The molecule has 1 fully saturated rings. The van der Waals surface area contributed by atoms with Gasteiger partial charge in [-0.15, -0.1) is 0 Å². The highest BCUT2D eigenvalue weighted by atomic mass is 15.3. The fourth-order valence-electron chi connectivity index (χ4n) is 3.28. The largest absolute Gasteiger partial charge is 0.309 e. The van der Waals surface area contributed by atoms with Gasteiger partial charge in [-0.3, -0.25) is 9.88 Å². The van der Waals surface area contributed by atoms with Crippen molar-refractivity contribution in [1.82, 2.24) is 15.2 Å². The van der Waals surface area contributed by atoms with Crippen LogP contribution in [0.2, 0.25) is 0 Å². The van der Waals surface area contributed by atoms with Crippen LogP contribution in [0.3, 0.4) is 0 Å². The summed E-state index contributed by atoms with van der Waals surface area (Å²) in [5.74, 6) is 0. The van der Waals surface area contributed by atoms with Crippen LogP contribution in [0.25, 0.3) is 0 Å². The maximum atomic E-state index is 4.35. The molecule has 0 bridgehead atoms. The average molecular weight is 289 g/mol. The molecule has 3 nitrogen and oxygen atoms in total. The van der Waals surface area contributed by atoms with E-state index in [-0.39, 0.29) is 11.0 Å². The molecule has 1 aliphatic heterocycles. The maximum absolute atomic E-state index is 4.35. The Kier molecular flexibility index (Phi) is 4.74. The van der Waals surface area contributed by atoms with E-state index >= 15 is 0 Å². The van der Waals surface area contributed by atoms with Gasteiger partial charge in [0.1, 0.15) is 0 Å².